The number of hydrogen-bond acceptors (Lipinski definition) is 4. The van der Waals surface area contributed by atoms with Gasteiger partial charge in [0, 0.05) is 48.5 Å². The zero-order valence-corrected chi connectivity index (χ0v) is 18.5. The Kier molecular flexibility index (Phi) is 6.71. The Morgan fingerprint density at radius 1 is 1.03 bits per heavy atom. The van der Waals surface area contributed by atoms with Gasteiger partial charge >= 0.3 is 0 Å². The lowest BCUT2D eigenvalue weighted by molar-refractivity contribution is -0.125. The Labute approximate surface area is 192 Å². The molecule has 2 unspecified atom stereocenters. The summed E-state index contributed by atoms with van der Waals surface area (Å²) in [5, 5.41) is 3.60. The maximum Gasteiger partial charge on any atom is 0.253 e. The van der Waals surface area contributed by atoms with E-state index < -0.39 is 0 Å². The number of amides is 2. The van der Waals surface area contributed by atoms with Gasteiger partial charge in [0.2, 0.25) is 5.91 Å². The third-order valence-electron chi connectivity index (χ3n) is 5.80. The van der Waals surface area contributed by atoms with Crippen molar-refractivity contribution in [3.8, 4) is 5.75 Å². The predicted octanol–water partition coefficient (Wildman–Crippen LogP) is 3.92. The topological polar surface area (TPSA) is 71.5 Å². The normalized spacial score (nSPS) is 17.8. The number of aromatic nitrogens is 1. The lowest BCUT2D eigenvalue weighted by atomic mass is 9.88. The standard InChI is InChI=1S/C25H24ClN3O3/c1-32-21-8-4-18(5-9-21)22-15-29(25(31)19-2-6-20(26)7-3-19)16-23(22)24(30)28-14-17-10-12-27-13-11-17/h2-13,22-23H,14-16H2,1H3,(H,28,30). The van der Waals surface area contributed by atoms with Gasteiger partial charge in [-0.3, -0.25) is 14.6 Å². The average molecular weight is 450 g/mol. The van der Waals surface area contributed by atoms with Gasteiger partial charge in [-0.05, 0) is 59.7 Å². The summed E-state index contributed by atoms with van der Waals surface area (Å²) in [5.74, 6) is 0.0919. The van der Waals surface area contributed by atoms with Crippen LogP contribution in [0.1, 0.15) is 27.4 Å². The van der Waals surface area contributed by atoms with Crippen molar-refractivity contribution in [3.05, 3.63) is 94.8 Å². The third kappa shape index (κ3) is 4.92. The molecule has 2 atom stereocenters. The Bertz CT molecular complexity index is 1070. The van der Waals surface area contributed by atoms with Crippen molar-refractivity contribution in [2.75, 3.05) is 20.2 Å². The molecule has 1 aliphatic rings. The molecule has 2 amide bonds. The van der Waals surface area contributed by atoms with Gasteiger partial charge in [0.05, 0.1) is 13.0 Å². The SMILES string of the molecule is COc1ccc(C2CN(C(=O)c3ccc(Cl)cc3)CC2C(=O)NCc2ccncc2)cc1. The van der Waals surface area contributed by atoms with E-state index in [1.165, 1.54) is 0 Å². The predicted molar refractivity (Wildman–Crippen MR) is 123 cm³/mol. The molecule has 1 fully saturated rings. The summed E-state index contributed by atoms with van der Waals surface area (Å²) < 4.78 is 5.26. The molecule has 6 nitrogen and oxygen atoms in total. The highest BCUT2D eigenvalue weighted by molar-refractivity contribution is 6.30. The number of carbonyl (C=O) groups excluding carboxylic acids is 2. The van der Waals surface area contributed by atoms with Crippen molar-refractivity contribution < 1.29 is 14.3 Å². The van der Waals surface area contributed by atoms with E-state index in [1.807, 2.05) is 36.4 Å². The number of likely N-dealkylation sites (tertiary alicyclic amines) is 1. The fraction of sp³-hybridized carbons (Fsp3) is 0.240. The van der Waals surface area contributed by atoms with Crippen LogP contribution in [0.25, 0.3) is 0 Å². The van der Waals surface area contributed by atoms with Gasteiger partial charge in [0.1, 0.15) is 5.75 Å². The second-order valence-corrected chi connectivity index (χ2v) is 8.21. The average Bonchev–Trinajstić information content (AvgIpc) is 3.29. The van der Waals surface area contributed by atoms with Crippen LogP contribution in [0.3, 0.4) is 0 Å². The molecule has 0 radical (unpaired) electrons. The minimum Gasteiger partial charge on any atom is -0.497 e. The van der Waals surface area contributed by atoms with Gasteiger partial charge in [0.15, 0.2) is 0 Å². The third-order valence-corrected chi connectivity index (χ3v) is 6.05. The number of carbonyl (C=O) groups is 2. The molecule has 2 heterocycles. The second kappa shape index (κ2) is 9.83. The van der Waals surface area contributed by atoms with Crippen LogP contribution in [0.2, 0.25) is 5.02 Å². The number of nitrogens with one attached hydrogen (secondary N) is 1. The van der Waals surface area contributed by atoms with Crippen molar-refractivity contribution in [1.82, 2.24) is 15.2 Å². The van der Waals surface area contributed by atoms with Crippen LogP contribution in [0.5, 0.6) is 5.75 Å². The molecular weight excluding hydrogens is 426 g/mol. The smallest absolute Gasteiger partial charge is 0.253 e. The number of halogens is 1. The second-order valence-electron chi connectivity index (χ2n) is 7.78. The summed E-state index contributed by atoms with van der Waals surface area (Å²) in [6.07, 6.45) is 3.40. The molecule has 0 bridgehead atoms. The summed E-state index contributed by atoms with van der Waals surface area (Å²) >= 11 is 5.96. The first-order valence-electron chi connectivity index (χ1n) is 10.4. The molecule has 0 saturated carbocycles. The highest BCUT2D eigenvalue weighted by atomic mass is 35.5. The highest BCUT2D eigenvalue weighted by Crippen LogP contribution is 2.34. The maximum absolute atomic E-state index is 13.2. The summed E-state index contributed by atoms with van der Waals surface area (Å²) in [4.78, 5) is 32.0. The maximum atomic E-state index is 13.2. The van der Waals surface area contributed by atoms with E-state index >= 15 is 0 Å². The van der Waals surface area contributed by atoms with Gasteiger partial charge in [-0.15, -0.1) is 0 Å². The van der Waals surface area contributed by atoms with Crippen molar-refractivity contribution >= 4 is 23.4 Å². The summed E-state index contributed by atoms with van der Waals surface area (Å²) in [6.45, 7) is 1.22. The molecule has 4 rings (SSSR count). The van der Waals surface area contributed by atoms with Crippen LogP contribution in [0.15, 0.2) is 73.1 Å². The number of rotatable bonds is 6. The van der Waals surface area contributed by atoms with E-state index in [2.05, 4.69) is 10.3 Å². The quantitative estimate of drug-likeness (QED) is 0.619. The van der Waals surface area contributed by atoms with Crippen LogP contribution in [0, 0.1) is 5.92 Å². The molecule has 1 saturated heterocycles. The van der Waals surface area contributed by atoms with E-state index in [-0.39, 0.29) is 23.7 Å². The molecule has 164 valence electrons. The first kappa shape index (κ1) is 21.8. The molecule has 1 aromatic heterocycles. The molecule has 3 aromatic rings. The minimum atomic E-state index is -0.360. The number of ether oxygens (including phenoxy) is 1. The fourth-order valence-corrected chi connectivity index (χ4v) is 4.15. The Hall–Kier alpha value is -3.38. The van der Waals surface area contributed by atoms with E-state index in [0.717, 1.165) is 16.9 Å². The van der Waals surface area contributed by atoms with Crippen LogP contribution >= 0.6 is 11.6 Å². The van der Waals surface area contributed by atoms with Gasteiger partial charge in [0.25, 0.3) is 5.91 Å². The monoisotopic (exact) mass is 449 g/mol. The lowest BCUT2D eigenvalue weighted by Gasteiger charge is -2.18. The number of pyridine rings is 1. The fourth-order valence-electron chi connectivity index (χ4n) is 4.02. The Morgan fingerprint density at radius 2 is 1.72 bits per heavy atom. The summed E-state index contributed by atoms with van der Waals surface area (Å²) in [6, 6.07) is 18.2. The first-order chi connectivity index (χ1) is 15.5. The van der Waals surface area contributed by atoms with Crippen LogP contribution in [-0.2, 0) is 11.3 Å². The molecule has 0 aliphatic carbocycles. The molecule has 32 heavy (non-hydrogen) atoms. The lowest BCUT2D eigenvalue weighted by Crippen LogP contribution is -2.35. The highest BCUT2D eigenvalue weighted by Gasteiger charge is 2.40. The van der Waals surface area contributed by atoms with Gasteiger partial charge in [-0.25, -0.2) is 0 Å². The zero-order chi connectivity index (χ0) is 22.5. The number of nitrogens with zero attached hydrogens (tertiary/aromatic N) is 2. The molecule has 1 N–H and O–H groups in total. The van der Waals surface area contributed by atoms with Gasteiger partial charge in [-0.2, -0.15) is 0 Å². The number of methoxy groups -OCH3 is 1. The van der Waals surface area contributed by atoms with Crippen molar-refractivity contribution in [2.24, 2.45) is 5.92 Å². The van der Waals surface area contributed by atoms with Gasteiger partial charge < -0.3 is 15.0 Å². The van der Waals surface area contributed by atoms with E-state index in [1.54, 1.807) is 48.7 Å². The number of benzene rings is 2. The molecular formula is C25H24ClN3O3. The van der Waals surface area contributed by atoms with E-state index in [0.29, 0.717) is 30.2 Å². The first-order valence-corrected chi connectivity index (χ1v) is 10.8. The zero-order valence-electron chi connectivity index (χ0n) is 17.7. The van der Waals surface area contributed by atoms with Crippen LogP contribution < -0.4 is 10.1 Å². The Balaban J connectivity index is 1.54. The van der Waals surface area contributed by atoms with E-state index in [9.17, 15) is 9.59 Å². The van der Waals surface area contributed by atoms with Crippen LogP contribution in [-0.4, -0.2) is 41.9 Å². The molecule has 2 aromatic carbocycles. The van der Waals surface area contributed by atoms with Crippen molar-refractivity contribution in [1.29, 1.82) is 0 Å². The molecule has 0 spiro atoms. The van der Waals surface area contributed by atoms with Gasteiger partial charge in [-0.1, -0.05) is 23.7 Å². The largest absolute Gasteiger partial charge is 0.497 e. The van der Waals surface area contributed by atoms with Crippen LogP contribution in [0.4, 0.5) is 0 Å². The molecule has 7 heteroatoms. The molecule has 1 aliphatic heterocycles. The van der Waals surface area contributed by atoms with Crippen molar-refractivity contribution in [2.45, 2.75) is 12.5 Å². The Morgan fingerprint density at radius 3 is 2.38 bits per heavy atom. The minimum absolute atomic E-state index is 0.0750. The van der Waals surface area contributed by atoms with Crippen molar-refractivity contribution in [3.63, 3.8) is 0 Å². The number of hydrogen-bond donors (Lipinski definition) is 1. The van der Waals surface area contributed by atoms with E-state index in [4.69, 9.17) is 16.3 Å². The summed E-state index contributed by atoms with van der Waals surface area (Å²) in [5.41, 5.74) is 2.53. The summed E-state index contributed by atoms with van der Waals surface area (Å²) in [7, 11) is 1.62.